The SMILES string of the molecule is COc1cc(C(C)=O)ccc1OCC(=O)Nc1nc2ccccc2nc1N1CCCC1. The van der Waals surface area contributed by atoms with E-state index in [9.17, 15) is 9.59 Å². The second-order valence-electron chi connectivity index (χ2n) is 7.34. The molecule has 0 bridgehead atoms. The highest BCUT2D eigenvalue weighted by atomic mass is 16.5. The fraction of sp³-hybridized carbons (Fsp3) is 0.304. The van der Waals surface area contributed by atoms with Crippen LogP contribution in [0.4, 0.5) is 11.6 Å². The molecule has 0 spiro atoms. The van der Waals surface area contributed by atoms with Crippen molar-refractivity contribution in [2.75, 3.05) is 37.0 Å². The van der Waals surface area contributed by atoms with Crippen molar-refractivity contribution in [3.8, 4) is 11.5 Å². The molecule has 2 aromatic carbocycles. The summed E-state index contributed by atoms with van der Waals surface area (Å²) in [6.45, 7) is 3.01. The Morgan fingerprint density at radius 3 is 2.42 bits per heavy atom. The molecule has 0 unspecified atom stereocenters. The van der Waals surface area contributed by atoms with Crippen LogP contribution in [0.2, 0.25) is 0 Å². The molecule has 1 aliphatic heterocycles. The molecule has 0 aliphatic carbocycles. The first-order chi connectivity index (χ1) is 15.0. The van der Waals surface area contributed by atoms with Crippen molar-refractivity contribution in [3.63, 3.8) is 0 Å². The third kappa shape index (κ3) is 4.58. The molecule has 3 aromatic rings. The minimum atomic E-state index is -0.359. The number of fused-ring (bicyclic) bond motifs is 1. The first kappa shape index (κ1) is 20.6. The van der Waals surface area contributed by atoms with Crippen molar-refractivity contribution in [1.29, 1.82) is 0 Å². The van der Waals surface area contributed by atoms with Crippen LogP contribution in [0.5, 0.6) is 11.5 Å². The summed E-state index contributed by atoms with van der Waals surface area (Å²) in [4.78, 5) is 35.7. The Hall–Kier alpha value is -3.68. The quantitative estimate of drug-likeness (QED) is 0.585. The number of nitrogens with one attached hydrogen (secondary N) is 1. The van der Waals surface area contributed by atoms with Crippen LogP contribution >= 0.6 is 0 Å². The van der Waals surface area contributed by atoms with Gasteiger partial charge in [-0.3, -0.25) is 9.59 Å². The van der Waals surface area contributed by atoms with Crippen LogP contribution in [0.1, 0.15) is 30.1 Å². The summed E-state index contributed by atoms with van der Waals surface area (Å²) >= 11 is 0. The number of carbonyl (C=O) groups is 2. The van der Waals surface area contributed by atoms with Crippen LogP contribution in [-0.4, -0.2) is 48.5 Å². The smallest absolute Gasteiger partial charge is 0.263 e. The Labute approximate surface area is 180 Å². The monoisotopic (exact) mass is 420 g/mol. The van der Waals surface area contributed by atoms with E-state index in [1.807, 2.05) is 24.3 Å². The molecule has 1 N–H and O–H groups in total. The summed E-state index contributed by atoms with van der Waals surface area (Å²) in [7, 11) is 1.49. The van der Waals surface area contributed by atoms with E-state index in [-0.39, 0.29) is 18.3 Å². The normalized spacial score (nSPS) is 13.3. The first-order valence-corrected chi connectivity index (χ1v) is 10.2. The average molecular weight is 420 g/mol. The molecule has 160 valence electrons. The number of para-hydroxylation sites is 2. The van der Waals surface area contributed by atoms with Gasteiger partial charge in [0.1, 0.15) is 0 Å². The van der Waals surface area contributed by atoms with Crippen LogP contribution in [0.15, 0.2) is 42.5 Å². The second-order valence-corrected chi connectivity index (χ2v) is 7.34. The average Bonchev–Trinajstić information content (AvgIpc) is 3.31. The zero-order chi connectivity index (χ0) is 21.8. The summed E-state index contributed by atoms with van der Waals surface area (Å²) in [6.07, 6.45) is 2.17. The number of aromatic nitrogens is 2. The number of benzene rings is 2. The highest BCUT2D eigenvalue weighted by Crippen LogP contribution is 2.29. The molecule has 1 aromatic heterocycles. The van der Waals surface area contributed by atoms with Gasteiger partial charge in [-0.05, 0) is 50.1 Å². The Bertz CT molecular complexity index is 1130. The van der Waals surface area contributed by atoms with Crippen LogP contribution in [0, 0.1) is 0 Å². The molecule has 1 aliphatic rings. The number of hydrogen-bond donors (Lipinski definition) is 1. The lowest BCUT2D eigenvalue weighted by Gasteiger charge is -2.20. The van der Waals surface area contributed by atoms with Gasteiger partial charge in [0, 0.05) is 18.7 Å². The number of carbonyl (C=O) groups excluding carboxylic acids is 2. The van der Waals surface area contributed by atoms with E-state index in [1.54, 1.807) is 18.2 Å². The summed E-state index contributed by atoms with van der Waals surface area (Å²) in [5.41, 5.74) is 2.01. The molecule has 1 amide bonds. The minimum absolute atomic E-state index is 0.0769. The first-order valence-electron chi connectivity index (χ1n) is 10.2. The number of anilines is 2. The van der Waals surface area contributed by atoms with Crippen molar-refractivity contribution in [2.24, 2.45) is 0 Å². The van der Waals surface area contributed by atoms with Crippen molar-refractivity contribution < 1.29 is 19.1 Å². The molecule has 0 saturated carbocycles. The number of methoxy groups -OCH3 is 1. The van der Waals surface area contributed by atoms with Crippen LogP contribution < -0.4 is 19.7 Å². The van der Waals surface area contributed by atoms with Gasteiger partial charge in [-0.15, -0.1) is 0 Å². The number of ether oxygens (including phenoxy) is 2. The Balaban J connectivity index is 1.52. The van der Waals surface area contributed by atoms with Gasteiger partial charge < -0.3 is 19.7 Å². The van der Waals surface area contributed by atoms with Gasteiger partial charge in [0.15, 0.2) is 35.5 Å². The van der Waals surface area contributed by atoms with E-state index < -0.39 is 0 Å². The fourth-order valence-electron chi connectivity index (χ4n) is 3.54. The highest BCUT2D eigenvalue weighted by Gasteiger charge is 2.21. The summed E-state index contributed by atoms with van der Waals surface area (Å²) in [5.74, 6) is 1.44. The highest BCUT2D eigenvalue weighted by molar-refractivity contribution is 5.96. The number of hydrogen-bond acceptors (Lipinski definition) is 7. The fourth-order valence-corrected chi connectivity index (χ4v) is 3.54. The molecule has 2 heterocycles. The van der Waals surface area contributed by atoms with Crippen molar-refractivity contribution >= 4 is 34.4 Å². The number of nitrogens with zero attached hydrogens (tertiary/aromatic N) is 3. The predicted octanol–water partition coefficient (Wildman–Crippen LogP) is 3.46. The predicted molar refractivity (Wildman–Crippen MR) is 118 cm³/mol. The largest absolute Gasteiger partial charge is 0.493 e. The van der Waals surface area contributed by atoms with Crippen molar-refractivity contribution in [1.82, 2.24) is 9.97 Å². The van der Waals surface area contributed by atoms with Crippen molar-refractivity contribution in [2.45, 2.75) is 19.8 Å². The summed E-state index contributed by atoms with van der Waals surface area (Å²) < 4.78 is 10.9. The zero-order valence-electron chi connectivity index (χ0n) is 17.6. The van der Waals surface area contributed by atoms with Crippen LogP contribution in [0.3, 0.4) is 0 Å². The lowest BCUT2D eigenvalue weighted by molar-refractivity contribution is -0.118. The maximum Gasteiger partial charge on any atom is 0.263 e. The number of ketones is 1. The van der Waals surface area contributed by atoms with Gasteiger partial charge in [-0.2, -0.15) is 0 Å². The Kier molecular flexibility index (Phi) is 5.97. The summed E-state index contributed by atoms with van der Waals surface area (Å²) in [5, 5.41) is 2.84. The van der Waals surface area contributed by atoms with Gasteiger partial charge in [0.05, 0.1) is 18.1 Å². The lowest BCUT2D eigenvalue weighted by atomic mass is 10.1. The van der Waals surface area contributed by atoms with E-state index in [2.05, 4.69) is 15.2 Å². The maximum absolute atomic E-state index is 12.6. The van der Waals surface area contributed by atoms with E-state index >= 15 is 0 Å². The van der Waals surface area contributed by atoms with Gasteiger partial charge in [-0.1, -0.05) is 12.1 Å². The molecule has 8 nitrogen and oxygen atoms in total. The van der Waals surface area contributed by atoms with Gasteiger partial charge >= 0.3 is 0 Å². The molecule has 0 atom stereocenters. The molecule has 8 heteroatoms. The van der Waals surface area contributed by atoms with Crippen LogP contribution in [-0.2, 0) is 4.79 Å². The number of rotatable bonds is 7. The van der Waals surface area contributed by atoms with Gasteiger partial charge in [-0.25, -0.2) is 9.97 Å². The molecule has 1 saturated heterocycles. The van der Waals surface area contributed by atoms with Crippen molar-refractivity contribution in [3.05, 3.63) is 48.0 Å². The van der Waals surface area contributed by atoms with Gasteiger partial charge in [0.25, 0.3) is 5.91 Å². The van der Waals surface area contributed by atoms with E-state index in [0.29, 0.717) is 34.2 Å². The molecular formula is C23H24N4O4. The molecular weight excluding hydrogens is 396 g/mol. The van der Waals surface area contributed by atoms with E-state index in [1.165, 1.54) is 14.0 Å². The zero-order valence-corrected chi connectivity index (χ0v) is 17.6. The lowest BCUT2D eigenvalue weighted by Crippen LogP contribution is -2.25. The third-order valence-corrected chi connectivity index (χ3v) is 5.14. The minimum Gasteiger partial charge on any atom is -0.493 e. The number of amides is 1. The maximum atomic E-state index is 12.6. The third-order valence-electron chi connectivity index (χ3n) is 5.14. The van der Waals surface area contributed by atoms with Crippen LogP contribution in [0.25, 0.3) is 11.0 Å². The molecule has 1 fully saturated rings. The van der Waals surface area contributed by atoms with E-state index in [0.717, 1.165) is 31.4 Å². The second kappa shape index (κ2) is 8.99. The standard InChI is InChI=1S/C23H24N4O4/c1-15(28)16-9-10-19(20(13-16)30-2)31-14-21(29)26-22-23(27-11-5-6-12-27)25-18-8-4-3-7-17(18)24-22/h3-4,7-10,13H,5-6,11-12,14H2,1-2H3,(H,24,26,29). The summed E-state index contributed by atoms with van der Waals surface area (Å²) in [6, 6.07) is 12.4. The van der Waals surface area contributed by atoms with E-state index in [4.69, 9.17) is 14.5 Å². The Morgan fingerprint density at radius 1 is 1.03 bits per heavy atom. The molecule has 31 heavy (non-hydrogen) atoms. The molecule has 0 radical (unpaired) electrons. The van der Waals surface area contributed by atoms with Gasteiger partial charge in [0.2, 0.25) is 0 Å². The Morgan fingerprint density at radius 2 is 1.74 bits per heavy atom. The molecule has 4 rings (SSSR count). The topological polar surface area (TPSA) is 93.6 Å². The number of Topliss-reactive ketones (excluding diaryl/α,β-unsaturated/α-hetero) is 1.